The molecule has 0 aliphatic rings. The molecule has 1 aromatic rings. The van der Waals surface area contributed by atoms with Crippen molar-refractivity contribution in [2.24, 2.45) is 0 Å². The molecule has 58 valence electrons. The Labute approximate surface area is 83.4 Å². The third-order valence-electron chi connectivity index (χ3n) is 1.33. The molecule has 1 aromatic carbocycles. The summed E-state index contributed by atoms with van der Waals surface area (Å²) in [5.41, 5.74) is 1.28. The molecule has 0 aliphatic heterocycles. The summed E-state index contributed by atoms with van der Waals surface area (Å²) in [5.74, 6) is 0. The summed E-state index contributed by atoms with van der Waals surface area (Å²) in [6, 6.07) is 8.39. The van der Waals surface area contributed by atoms with E-state index < -0.39 is 0 Å². The van der Waals surface area contributed by atoms with Crippen LogP contribution in [0.1, 0.15) is 5.56 Å². The van der Waals surface area contributed by atoms with Gasteiger partial charge in [0, 0.05) is 0 Å². The summed E-state index contributed by atoms with van der Waals surface area (Å²) < 4.78 is 1.14. The fourth-order valence-corrected chi connectivity index (χ4v) is 3.37. The molecule has 0 nitrogen and oxygen atoms in total. The van der Waals surface area contributed by atoms with Gasteiger partial charge in [-0.25, -0.2) is 0 Å². The number of hydrogen-bond donors (Lipinski definition) is 0. The molecular weight excluding hydrogens is 240 g/mol. The summed E-state index contributed by atoms with van der Waals surface area (Å²) in [4.78, 5) is 0. The molecule has 3 heteroatoms. The summed E-state index contributed by atoms with van der Waals surface area (Å²) in [6.45, 7) is 2.07. The fraction of sp³-hybridized carbons (Fsp3) is 0.250. The van der Waals surface area contributed by atoms with Gasteiger partial charge in [-0.15, -0.1) is 0 Å². The molecule has 0 amide bonds. The number of alkyl halides is 2. The van der Waals surface area contributed by atoms with Crippen LogP contribution in [0.3, 0.4) is 0 Å². The van der Waals surface area contributed by atoms with E-state index in [9.17, 15) is 0 Å². The van der Waals surface area contributed by atoms with Crippen LogP contribution in [0.25, 0.3) is 0 Å². The monoisotopic (exact) mass is 248 g/mol. The second-order valence-electron chi connectivity index (χ2n) is 2.31. The van der Waals surface area contributed by atoms with Crippen LogP contribution in [0.4, 0.5) is 0 Å². The van der Waals surface area contributed by atoms with Gasteiger partial charge < -0.3 is 0 Å². The Kier molecular flexibility index (Phi) is 3.76. The normalized spacial score (nSPS) is 10.5. The second-order valence-corrected chi connectivity index (χ2v) is 7.97. The SMILES string of the molecule is Cc1cc[c]([Ge][CH](Cl)Cl)cc1. The maximum absolute atomic E-state index is 5.67. The Bertz CT molecular complexity index is 218. The number of aryl methyl sites for hydroxylation is 1. The second kappa shape index (κ2) is 4.39. The maximum atomic E-state index is 5.67. The summed E-state index contributed by atoms with van der Waals surface area (Å²) in [6.07, 6.45) is 0. The van der Waals surface area contributed by atoms with Crippen LogP contribution in [0.2, 0.25) is 0 Å². The Morgan fingerprint density at radius 3 is 2.18 bits per heavy atom. The minimum atomic E-state index is -0.343. The topological polar surface area (TPSA) is 0 Å². The molecule has 1 rings (SSSR count). The predicted molar refractivity (Wildman–Crippen MR) is 52.1 cm³/mol. The number of halogens is 2. The molecule has 0 heterocycles. The molecule has 0 atom stereocenters. The Balaban J connectivity index is 2.66. The van der Waals surface area contributed by atoms with Crippen molar-refractivity contribution < 1.29 is 0 Å². The van der Waals surface area contributed by atoms with E-state index in [1.807, 2.05) is 0 Å². The molecule has 0 unspecified atom stereocenters. The van der Waals surface area contributed by atoms with E-state index >= 15 is 0 Å². The fourth-order valence-electron chi connectivity index (χ4n) is 0.776. The molecule has 0 spiro atoms. The Morgan fingerprint density at radius 1 is 1.18 bits per heavy atom. The average Bonchev–Trinajstić information content (AvgIpc) is 1.93. The molecule has 0 saturated carbocycles. The zero-order valence-electron chi connectivity index (χ0n) is 6.14. The van der Waals surface area contributed by atoms with E-state index in [4.69, 9.17) is 23.2 Å². The Morgan fingerprint density at radius 2 is 1.73 bits per heavy atom. The van der Waals surface area contributed by atoms with Crippen LogP contribution < -0.4 is 4.40 Å². The zero-order valence-corrected chi connectivity index (χ0v) is 9.75. The summed E-state index contributed by atoms with van der Waals surface area (Å²) in [7, 11) is 0. The van der Waals surface area contributed by atoms with E-state index in [1.54, 1.807) is 0 Å². The molecule has 2 radical (unpaired) electrons. The standard InChI is InChI=1S/C8H8Cl2Ge/c1-6-2-4-7(5-3-6)11-8(9)10/h2-5,8H,1H3. The Hall–Kier alpha value is 0.343. The van der Waals surface area contributed by atoms with E-state index in [-0.39, 0.29) is 19.1 Å². The number of benzene rings is 1. The van der Waals surface area contributed by atoms with Crippen molar-refractivity contribution >= 4 is 43.0 Å². The van der Waals surface area contributed by atoms with Gasteiger partial charge in [0.25, 0.3) is 0 Å². The van der Waals surface area contributed by atoms with Crippen LogP contribution in [-0.2, 0) is 0 Å². The predicted octanol–water partition coefficient (Wildman–Crippen LogP) is 2.09. The van der Waals surface area contributed by atoms with Gasteiger partial charge in [0.15, 0.2) is 0 Å². The first kappa shape index (κ1) is 9.43. The molecule has 0 fully saturated rings. The molecule has 0 bridgehead atoms. The molecule has 11 heavy (non-hydrogen) atoms. The van der Waals surface area contributed by atoms with Gasteiger partial charge in [-0.3, -0.25) is 0 Å². The average molecular weight is 248 g/mol. The van der Waals surface area contributed by atoms with Crippen LogP contribution >= 0.6 is 23.2 Å². The summed E-state index contributed by atoms with van der Waals surface area (Å²) >= 11 is 11.0. The molecule has 0 aromatic heterocycles. The quantitative estimate of drug-likeness (QED) is 0.555. The summed E-state index contributed by atoms with van der Waals surface area (Å²) in [5, 5.41) is 0. The van der Waals surface area contributed by atoms with Gasteiger partial charge in [-0.1, -0.05) is 0 Å². The van der Waals surface area contributed by atoms with Gasteiger partial charge in [-0.2, -0.15) is 0 Å². The van der Waals surface area contributed by atoms with Gasteiger partial charge in [0.2, 0.25) is 0 Å². The van der Waals surface area contributed by atoms with Crippen molar-refractivity contribution in [2.45, 2.75) is 10.6 Å². The first-order valence-electron chi connectivity index (χ1n) is 3.30. The van der Waals surface area contributed by atoms with Gasteiger partial charge >= 0.3 is 83.5 Å². The van der Waals surface area contributed by atoms with Crippen molar-refractivity contribution in [3.05, 3.63) is 29.8 Å². The van der Waals surface area contributed by atoms with Crippen molar-refractivity contribution in [1.82, 2.24) is 0 Å². The van der Waals surface area contributed by atoms with Crippen molar-refractivity contribution in [3.8, 4) is 0 Å². The molecule has 0 N–H and O–H groups in total. The number of rotatable bonds is 2. The van der Waals surface area contributed by atoms with E-state index in [2.05, 4.69) is 31.2 Å². The van der Waals surface area contributed by atoms with E-state index in [1.165, 1.54) is 9.96 Å². The van der Waals surface area contributed by atoms with Crippen LogP contribution in [0.15, 0.2) is 24.3 Å². The molecule has 0 saturated heterocycles. The van der Waals surface area contributed by atoms with Crippen LogP contribution in [0, 0.1) is 6.92 Å². The molecule has 0 aliphatic carbocycles. The van der Waals surface area contributed by atoms with Crippen LogP contribution in [-0.4, -0.2) is 19.1 Å². The van der Waals surface area contributed by atoms with Crippen molar-refractivity contribution in [3.63, 3.8) is 0 Å². The zero-order chi connectivity index (χ0) is 8.27. The van der Waals surface area contributed by atoms with E-state index in [0.717, 1.165) is 0 Å². The van der Waals surface area contributed by atoms with Gasteiger partial charge in [-0.05, 0) is 0 Å². The number of hydrogen-bond acceptors (Lipinski definition) is 0. The van der Waals surface area contributed by atoms with Crippen LogP contribution in [0.5, 0.6) is 0 Å². The van der Waals surface area contributed by atoms with Gasteiger partial charge in [0.1, 0.15) is 0 Å². The van der Waals surface area contributed by atoms with Gasteiger partial charge in [0.05, 0.1) is 0 Å². The minimum absolute atomic E-state index is 0.169. The third kappa shape index (κ3) is 3.50. The first-order chi connectivity index (χ1) is 5.18. The van der Waals surface area contributed by atoms with E-state index in [0.29, 0.717) is 0 Å². The molecular formula is C8H8Cl2Ge. The first-order valence-corrected chi connectivity index (χ1v) is 6.43. The third-order valence-corrected chi connectivity index (χ3v) is 4.32. The van der Waals surface area contributed by atoms with Crippen molar-refractivity contribution in [1.29, 1.82) is 0 Å². The van der Waals surface area contributed by atoms with Crippen molar-refractivity contribution in [2.75, 3.05) is 0 Å².